The predicted molar refractivity (Wildman–Crippen MR) is 254 cm³/mol. The molecule has 0 nitrogen and oxygen atoms in total. The first-order valence-electron chi connectivity index (χ1n) is 23.4. The fourth-order valence-corrected chi connectivity index (χ4v) is 19.4. The van der Waals surface area contributed by atoms with Crippen LogP contribution in [0.5, 0.6) is 0 Å². The Morgan fingerprint density at radius 3 is 1.33 bits per heavy atom. The number of hydrogen-bond donors (Lipinski definition) is 0. The molecule has 0 unspecified atom stereocenters. The second-order valence-electron chi connectivity index (χ2n) is 19.9. The van der Waals surface area contributed by atoms with Gasteiger partial charge in [-0.05, 0) is 0 Å². The fraction of sp³-hybridized carbons (Fsp3) is 0.491. The number of fused-ring (bicyclic) bond motifs is 3. The average molecular weight is 923 g/mol. The van der Waals surface area contributed by atoms with Crippen molar-refractivity contribution in [2.75, 3.05) is 0 Å². The molecular formula is C57H76Cl2Zr. The largest absolute Gasteiger partial charge is 1.00 e. The Kier molecular flexibility index (Phi) is 19.2. The van der Waals surface area contributed by atoms with E-state index in [1.807, 2.05) is 6.49 Å². The van der Waals surface area contributed by atoms with Gasteiger partial charge in [0.05, 0.1) is 0 Å². The van der Waals surface area contributed by atoms with Crippen LogP contribution in [0.3, 0.4) is 0 Å². The van der Waals surface area contributed by atoms with E-state index in [1.54, 1.807) is 11.1 Å². The number of hydrogen-bond acceptors (Lipinski definition) is 0. The second kappa shape index (κ2) is 22.9. The van der Waals surface area contributed by atoms with Gasteiger partial charge in [0.1, 0.15) is 0 Å². The molecule has 4 aromatic rings. The van der Waals surface area contributed by atoms with E-state index in [1.165, 1.54) is 146 Å². The van der Waals surface area contributed by atoms with Gasteiger partial charge in [-0.15, -0.1) is 0 Å². The summed E-state index contributed by atoms with van der Waals surface area (Å²) in [6, 6.07) is 29.2. The third-order valence-corrected chi connectivity index (χ3v) is 21.9. The van der Waals surface area contributed by atoms with E-state index in [9.17, 15) is 0 Å². The monoisotopic (exact) mass is 920 g/mol. The van der Waals surface area contributed by atoms with Gasteiger partial charge in [-0.2, -0.15) is 0 Å². The molecule has 0 atom stereocenters. The molecule has 0 heterocycles. The molecular weight excluding hydrogens is 847 g/mol. The van der Waals surface area contributed by atoms with Crippen LogP contribution in [0.15, 0.2) is 94.3 Å². The number of allylic oxidation sites excluding steroid dienone is 4. The molecule has 0 amide bonds. The summed E-state index contributed by atoms with van der Waals surface area (Å²) in [5, 5.41) is 0. The van der Waals surface area contributed by atoms with Crippen LogP contribution < -0.4 is 24.8 Å². The van der Waals surface area contributed by atoms with Gasteiger partial charge in [0.15, 0.2) is 0 Å². The number of benzene rings is 4. The van der Waals surface area contributed by atoms with E-state index in [0.717, 1.165) is 6.42 Å². The second-order valence-corrected chi connectivity index (χ2v) is 26.7. The van der Waals surface area contributed by atoms with Gasteiger partial charge in [-0.3, -0.25) is 0 Å². The summed E-state index contributed by atoms with van der Waals surface area (Å²) in [6.07, 6.45) is 27.7. The van der Waals surface area contributed by atoms with Gasteiger partial charge in [0.25, 0.3) is 0 Å². The van der Waals surface area contributed by atoms with Crippen molar-refractivity contribution in [1.29, 1.82) is 0 Å². The van der Waals surface area contributed by atoms with Crippen molar-refractivity contribution in [2.45, 2.75) is 180 Å². The Labute approximate surface area is 387 Å². The number of unbranched alkanes of at least 4 members (excludes halogenated alkanes) is 10. The van der Waals surface area contributed by atoms with Crippen LogP contribution in [-0.4, -0.2) is 3.21 Å². The zero-order valence-corrected chi connectivity index (χ0v) is 43.1. The number of aryl methyl sites for hydroxylation is 2. The van der Waals surface area contributed by atoms with Gasteiger partial charge in [-0.25, -0.2) is 0 Å². The molecule has 0 bridgehead atoms. The Morgan fingerprint density at radius 1 is 0.533 bits per heavy atom. The maximum atomic E-state index is 2.74. The number of halogens is 2. The molecule has 0 fully saturated rings. The van der Waals surface area contributed by atoms with E-state index in [2.05, 4.69) is 160 Å². The molecule has 0 saturated carbocycles. The minimum atomic E-state index is -2.58. The summed E-state index contributed by atoms with van der Waals surface area (Å²) in [4.78, 5) is 0. The molecule has 0 radical (unpaired) electrons. The van der Waals surface area contributed by atoms with Gasteiger partial charge in [0, 0.05) is 0 Å². The van der Waals surface area contributed by atoms with Crippen molar-refractivity contribution in [3.63, 3.8) is 0 Å². The molecule has 0 aromatic heterocycles. The Morgan fingerprint density at radius 2 is 0.950 bits per heavy atom. The summed E-state index contributed by atoms with van der Waals surface area (Å²) in [6.45, 7) is 23.9. The first-order valence-corrected chi connectivity index (χ1v) is 27.3. The number of rotatable bonds is 18. The molecule has 0 saturated heterocycles. The SMILES string of the molecule is CCCCCCCC[C](CCCCCCCC)=[Zr+2]([C]1=CC=CC1)[CH]1c2cc(-c3ccccc3C)c(C(C)(C)C)cc2-c2cc(C(C)(C)C)c(-c3ccccc3C)cc21.[Cl-].[Cl-]. The quantitative estimate of drug-likeness (QED) is 0.0873. The van der Waals surface area contributed by atoms with Crippen LogP contribution in [0.4, 0.5) is 0 Å². The zero-order valence-electron chi connectivity index (χ0n) is 39.1. The smallest absolute Gasteiger partial charge is 1.00 e. The van der Waals surface area contributed by atoms with Crippen LogP contribution >= 0.6 is 0 Å². The minimum Gasteiger partial charge on any atom is -1.00 e. The van der Waals surface area contributed by atoms with Crippen molar-refractivity contribution in [1.82, 2.24) is 0 Å². The Balaban J connectivity index is 0.00000397. The van der Waals surface area contributed by atoms with E-state index in [4.69, 9.17) is 0 Å². The van der Waals surface area contributed by atoms with Crippen molar-refractivity contribution in [2.24, 2.45) is 0 Å². The molecule has 3 heteroatoms. The third kappa shape index (κ3) is 11.8. The van der Waals surface area contributed by atoms with Crippen LogP contribution in [-0.2, 0) is 32.1 Å². The summed E-state index contributed by atoms with van der Waals surface area (Å²) in [5.74, 6) is 0. The van der Waals surface area contributed by atoms with E-state index >= 15 is 0 Å². The molecule has 2 aliphatic rings. The molecule has 0 spiro atoms. The van der Waals surface area contributed by atoms with Crippen molar-refractivity contribution >= 4 is 3.21 Å². The van der Waals surface area contributed by atoms with Crippen LogP contribution in [0.2, 0.25) is 0 Å². The first-order chi connectivity index (χ1) is 27.8. The summed E-state index contributed by atoms with van der Waals surface area (Å²) < 4.78 is 4.32. The maximum Gasteiger partial charge on any atom is -1.00 e. The summed E-state index contributed by atoms with van der Waals surface area (Å²) >= 11 is -2.58. The normalized spacial score (nSPS) is 13.2. The standard InChI is InChI=1S/C35H37.C17H34.C5H5.2ClH.Zr/c1-22-13-9-11-15-26(22)30-18-24-17-25-19-31(27-16-12-10-14-23(27)2)33(35(6,7)8)21-29(25)28(24)20-32(30)34(3,4)5;1-3-5-7-9-11-13-15-17-16-14-12-10-8-6-4-2;1-2-4-5-3-1;;;/h9-21H,1-8H3;3-16H2,1-2H3;1-3H,4H2;2*1H;/q;;;;;+2/p-2. The van der Waals surface area contributed by atoms with Crippen molar-refractivity contribution < 1.29 is 46.1 Å². The molecule has 322 valence electrons. The zero-order chi connectivity index (χ0) is 41.5. The Bertz CT molecular complexity index is 2000. The van der Waals surface area contributed by atoms with Gasteiger partial charge in [-0.1, -0.05) is 0 Å². The fourth-order valence-electron chi connectivity index (χ4n) is 9.99. The molecule has 0 N–H and O–H groups in total. The van der Waals surface area contributed by atoms with Crippen molar-refractivity contribution in [3.05, 3.63) is 128 Å². The van der Waals surface area contributed by atoms with Crippen LogP contribution in [0, 0.1) is 13.8 Å². The molecule has 0 aliphatic heterocycles. The van der Waals surface area contributed by atoms with Crippen molar-refractivity contribution in [3.8, 4) is 33.4 Å². The molecule has 2 aliphatic carbocycles. The summed E-state index contributed by atoms with van der Waals surface area (Å²) in [7, 11) is 0. The van der Waals surface area contributed by atoms with E-state index < -0.39 is 21.3 Å². The van der Waals surface area contributed by atoms with Gasteiger partial charge < -0.3 is 24.8 Å². The maximum absolute atomic E-state index is 2.74. The van der Waals surface area contributed by atoms with E-state index in [-0.39, 0.29) is 35.6 Å². The Hall–Kier alpha value is -2.31. The molecule has 4 aromatic carbocycles. The third-order valence-electron chi connectivity index (χ3n) is 13.2. The predicted octanol–water partition coefficient (Wildman–Crippen LogP) is 11.4. The van der Waals surface area contributed by atoms with Gasteiger partial charge in [0.2, 0.25) is 0 Å². The topological polar surface area (TPSA) is 0 Å². The van der Waals surface area contributed by atoms with Crippen LogP contribution in [0.25, 0.3) is 33.4 Å². The van der Waals surface area contributed by atoms with Gasteiger partial charge >= 0.3 is 366 Å². The molecule has 6 rings (SSSR count). The molecule has 60 heavy (non-hydrogen) atoms. The van der Waals surface area contributed by atoms with E-state index in [0.29, 0.717) is 3.63 Å². The average Bonchev–Trinajstić information content (AvgIpc) is 3.83. The minimum absolute atomic E-state index is 0. The first kappa shape index (κ1) is 50.3. The van der Waals surface area contributed by atoms with Crippen LogP contribution in [0.1, 0.15) is 189 Å². The summed E-state index contributed by atoms with van der Waals surface area (Å²) in [5.41, 5.74) is 17.7.